The van der Waals surface area contributed by atoms with Gasteiger partial charge in [0, 0.05) is 11.6 Å². The molecule has 2 aromatic carbocycles. The van der Waals surface area contributed by atoms with Crippen molar-refractivity contribution in [3.63, 3.8) is 0 Å². The zero-order valence-corrected chi connectivity index (χ0v) is 11.1. The highest BCUT2D eigenvalue weighted by molar-refractivity contribution is 5.71. The van der Waals surface area contributed by atoms with Crippen LogP contribution in [0.2, 0.25) is 0 Å². The van der Waals surface area contributed by atoms with Gasteiger partial charge < -0.3 is 10.5 Å². The maximum atomic E-state index is 13.9. The van der Waals surface area contributed by atoms with Crippen molar-refractivity contribution < 1.29 is 13.5 Å². The topological polar surface area (TPSA) is 35.2 Å². The van der Waals surface area contributed by atoms with Crippen molar-refractivity contribution in [1.82, 2.24) is 0 Å². The number of halogens is 2. The van der Waals surface area contributed by atoms with E-state index >= 15 is 0 Å². The maximum Gasteiger partial charge on any atom is 0.146 e. The largest absolute Gasteiger partial charge is 0.496 e. The van der Waals surface area contributed by atoms with E-state index in [0.717, 1.165) is 29.0 Å². The first kappa shape index (κ1) is 13.3. The van der Waals surface area contributed by atoms with E-state index in [1.54, 1.807) is 19.2 Å². The van der Waals surface area contributed by atoms with Gasteiger partial charge in [-0.25, -0.2) is 8.78 Å². The molecule has 0 aliphatic rings. The second-order valence-electron chi connectivity index (χ2n) is 4.49. The summed E-state index contributed by atoms with van der Waals surface area (Å²) in [5.41, 5.74) is 7.66. The fraction of sp³-hybridized carbons (Fsp3) is 0.200. The molecule has 2 N–H and O–H groups in total. The lowest BCUT2D eigenvalue weighted by Gasteiger charge is -2.13. The van der Waals surface area contributed by atoms with Gasteiger partial charge in [0.25, 0.3) is 0 Å². The molecule has 4 heteroatoms. The van der Waals surface area contributed by atoms with Crippen molar-refractivity contribution in [2.24, 2.45) is 0 Å². The molecule has 0 fully saturated rings. The number of hydrogen-bond donors (Lipinski definition) is 1. The maximum absolute atomic E-state index is 13.9. The molecule has 0 bridgehead atoms. The van der Waals surface area contributed by atoms with Crippen LogP contribution in [0.1, 0.15) is 11.1 Å². The van der Waals surface area contributed by atoms with Crippen LogP contribution in [0, 0.1) is 25.5 Å². The number of aryl methyl sites for hydroxylation is 2. The van der Waals surface area contributed by atoms with Crippen LogP contribution in [0.25, 0.3) is 11.1 Å². The Kier molecular flexibility index (Phi) is 3.42. The van der Waals surface area contributed by atoms with Gasteiger partial charge >= 0.3 is 0 Å². The molecule has 0 spiro atoms. The highest BCUT2D eigenvalue weighted by atomic mass is 19.1. The van der Waals surface area contributed by atoms with Crippen molar-refractivity contribution in [3.8, 4) is 16.9 Å². The molecule has 0 unspecified atom stereocenters. The minimum absolute atomic E-state index is 0.191. The van der Waals surface area contributed by atoms with E-state index in [2.05, 4.69) is 0 Å². The molecule has 0 aromatic heterocycles. The van der Waals surface area contributed by atoms with E-state index in [1.165, 1.54) is 0 Å². The summed E-state index contributed by atoms with van der Waals surface area (Å²) in [6.07, 6.45) is 0. The predicted octanol–water partition coefficient (Wildman–Crippen LogP) is 3.84. The van der Waals surface area contributed by atoms with Crippen molar-refractivity contribution in [2.45, 2.75) is 13.8 Å². The Bertz CT molecular complexity index is 639. The molecule has 100 valence electrons. The molecule has 2 aromatic rings. The summed E-state index contributed by atoms with van der Waals surface area (Å²) in [6.45, 7) is 3.68. The van der Waals surface area contributed by atoms with Crippen LogP contribution in [0.15, 0.2) is 24.3 Å². The summed E-state index contributed by atoms with van der Waals surface area (Å²) in [7, 11) is 1.57. The second kappa shape index (κ2) is 4.88. The third kappa shape index (κ3) is 2.38. The summed E-state index contributed by atoms with van der Waals surface area (Å²) in [4.78, 5) is 0. The molecule has 0 amide bonds. The molecule has 0 atom stereocenters. The number of nitrogens with two attached hydrogens (primary N) is 1. The van der Waals surface area contributed by atoms with Crippen LogP contribution in [-0.4, -0.2) is 7.11 Å². The number of methoxy groups -OCH3 is 1. The highest BCUT2D eigenvalue weighted by Crippen LogP contribution is 2.33. The lowest BCUT2D eigenvalue weighted by molar-refractivity contribution is 0.411. The number of anilines is 1. The monoisotopic (exact) mass is 263 g/mol. The summed E-state index contributed by atoms with van der Waals surface area (Å²) in [5, 5.41) is 0. The van der Waals surface area contributed by atoms with Gasteiger partial charge in [0.2, 0.25) is 0 Å². The smallest absolute Gasteiger partial charge is 0.146 e. The van der Waals surface area contributed by atoms with E-state index in [0.29, 0.717) is 5.56 Å². The summed E-state index contributed by atoms with van der Waals surface area (Å²) in [6, 6.07) is 5.71. The van der Waals surface area contributed by atoms with Gasteiger partial charge in [0.15, 0.2) is 0 Å². The Hall–Kier alpha value is -2.10. The summed E-state index contributed by atoms with van der Waals surface area (Å²) < 4.78 is 32.6. The van der Waals surface area contributed by atoms with Crippen molar-refractivity contribution in [1.29, 1.82) is 0 Å². The SMILES string of the molecule is COc1cc(C)c(-c2cc(F)c(N)cc2F)cc1C. The van der Waals surface area contributed by atoms with Crippen LogP contribution in [0.3, 0.4) is 0 Å². The number of benzene rings is 2. The van der Waals surface area contributed by atoms with Gasteiger partial charge in [-0.1, -0.05) is 0 Å². The third-order valence-electron chi connectivity index (χ3n) is 3.12. The molecule has 0 saturated heterocycles. The quantitative estimate of drug-likeness (QED) is 0.835. The molecule has 2 nitrogen and oxygen atoms in total. The molecule has 19 heavy (non-hydrogen) atoms. The number of hydrogen-bond acceptors (Lipinski definition) is 2. The molecule has 0 aliphatic carbocycles. The Morgan fingerprint density at radius 1 is 0.895 bits per heavy atom. The van der Waals surface area contributed by atoms with Crippen LogP contribution < -0.4 is 10.5 Å². The van der Waals surface area contributed by atoms with Crippen molar-refractivity contribution >= 4 is 5.69 Å². The number of rotatable bonds is 2. The standard InChI is InChI=1S/C15H15F2NO/c1-8-5-15(19-3)9(2)4-10(8)11-6-13(17)14(18)7-12(11)16/h4-7H,18H2,1-3H3. The van der Waals surface area contributed by atoms with Crippen LogP contribution >= 0.6 is 0 Å². The van der Waals surface area contributed by atoms with Gasteiger partial charge in [-0.2, -0.15) is 0 Å². The molecular formula is C15H15F2NO. The minimum Gasteiger partial charge on any atom is -0.496 e. The van der Waals surface area contributed by atoms with Crippen LogP contribution in [0.5, 0.6) is 5.75 Å². The Morgan fingerprint density at radius 2 is 1.58 bits per heavy atom. The Labute approximate surface area is 110 Å². The van der Waals surface area contributed by atoms with E-state index in [9.17, 15) is 8.78 Å². The van der Waals surface area contributed by atoms with Gasteiger partial charge in [-0.3, -0.25) is 0 Å². The van der Waals surface area contributed by atoms with E-state index in [-0.39, 0.29) is 11.3 Å². The molecule has 0 aliphatic heterocycles. The first-order valence-electron chi connectivity index (χ1n) is 5.84. The van der Waals surface area contributed by atoms with Crippen molar-refractivity contribution in [3.05, 3.63) is 47.0 Å². The van der Waals surface area contributed by atoms with E-state index in [1.807, 2.05) is 13.8 Å². The van der Waals surface area contributed by atoms with Gasteiger partial charge in [-0.15, -0.1) is 0 Å². The van der Waals surface area contributed by atoms with Crippen LogP contribution in [0.4, 0.5) is 14.5 Å². The zero-order valence-electron chi connectivity index (χ0n) is 11.1. The van der Waals surface area contributed by atoms with Gasteiger partial charge in [0.1, 0.15) is 17.4 Å². The van der Waals surface area contributed by atoms with Gasteiger partial charge in [-0.05, 0) is 48.7 Å². The fourth-order valence-electron chi connectivity index (χ4n) is 2.07. The van der Waals surface area contributed by atoms with Crippen molar-refractivity contribution in [2.75, 3.05) is 12.8 Å². The van der Waals surface area contributed by atoms with Gasteiger partial charge in [0.05, 0.1) is 12.8 Å². The summed E-state index contributed by atoms with van der Waals surface area (Å²) >= 11 is 0. The normalized spacial score (nSPS) is 10.6. The molecular weight excluding hydrogens is 248 g/mol. The summed E-state index contributed by atoms with van der Waals surface area (Å²) in [5.74, 6) is -0.437. The second-order valence-corrected chi connectivity index (χ2v) is 4.49. The lowest BCUT2D eigenvalue weighted by atomic mass is 9.97. The minimum atomic E-state index is -0.621. The first-order valence-corrected chi connectivity index (χ1v) is 5.84. The predicted molar refractivity (Wildman–Crippen MR) is 72.2 cm³/mol. The molecule has 0 heterocycles. The highest BCUT2D eigenvalue weighted by Gasteiger charge is 2.13. The van der Waals surface area contributed by atoms with E-state index < -0.39 is 11.6 Å². The molecule has 2 rings (SSSR count). The van der Waals surface area contributed by atoms with E-state index in [4.69, 9.17) is 10.5 Å². The Balaban J connectivity index is 2.65. The third-order valence-corrected chi connectivity index (χ3v) is 3.12. The zero-order chi connectivity index (χ0) is 14.2. The number of nitrogen functional groups attached to an aromatic ring is 1. The first-order chi connectivity index (χ1) is 8.93. The Morgan fingerprint density at radius 3 is 2.21 bits per heavy atom. The average molecular weight is 263 g/mol. The molecule has 0 saturated carbocycles. The number of ether oxygens (including phenoxy) is 1. The molecule has 0 radical (unpaired) electrons. The lowest BCUT2D eigenvalue weighted by Crippen LogP contribution is -1.97. The fourth-order valence-corrected chi connectivity index (χ4v) is 2.07. The van der Waals surface area contributed by atoms with Crippen LogP contribution in [-0.2, 0) is 0 Å². The average Bonchev–Trinajstić information content (AvgIpc) is 2.36.